The molecule has 0 saturated carbocycles. The Labute approximate surface area is 119 Å². The summed E-state index contributed by atoms with van der Waals surface area (Å²) < 4.78 is 31.7. The van der Waals surface area contributed by atoms with E-state index in [4.69, 9.17) is 4.42 Å². The first-order valence-corrected chi connectivity index (χ1v) is 8.08. The van der Waals surface area contributed by atoms with Crippen LogP contribution in [0.5, 0.6) is 0 Å². The van der Waals surface area contributed by atoms with Crippen LogP contribution in [0.3, 0.4) is 0 Å². The number of benzene rings is 1. The van der Waals surface area contributed by atoms with Crippen molar-refractivity contribution in [1.82, 2.24) is 4.72 Å². The summed E-state index contributed by atoms with van der Waals surface area (Å²) in [4.78, 5) is 0.300. The van der Waals surface area contributed by atoms with Crippen LogP contribution >= 0.6 is 0 Å². The molecule has 4 nitrogen and oxygen atoms in total. The van der Waals surface area contributed by atoms with E-state index in [1.54, 1.807) is 24.7 Å². The first kappa shape index (κ1) is 14.8. The molecule has 1 aromatic carbocycles. The lowest BCUT2D eigenvalue weighted by Gasteiger charge is -2.08. The molecule has 108 valence electrons. The first-order chi connectivity index (χ1) is 9.49. The third-order valence-electron chi connectivity index (χ3n) is 3.14. The maximum absolute atomic E-state index is 12.1. The monoisotopic (exact) mass is 293 g/mol. The number of hydrogen-bond donors (Lipinski definition) is 1. The Hall–Kier alpha value is -1.59. The van der Waals surface area contributed by atoms with Gasteiger partial charge in [-0.15, -0.1) is 0 Å². The second-order valence-electron chi connectivity index (χ2n) is 5.00. The van der Waals surface area contributed by atoms with Crippen LogP contribution in [-0.2, 0) is 16.4 Å². The molecule has 0 atom stereocenters. The summed E-state index contributed by atoms with van der Waals surface area (Å²) in [5.74, 6) is 0.390. The number of rotatable bonds is 6. The van der Waals surface area contributed by atoms with Crippen molar-refractivity contribution >= 4 is 10.0 Å². The molecule has 0 fully saturated rings. The molecule has 0 radical (unpaired) electrons. The van der Waals surface area contributed by atoms with Crippen LogP contribution in [-0.4, -0.2) is 15.0 Å². The second-order valence-corrected chi connectivity index (χ2v) is 6.77. The van der Waals surface area contributed by atoms with Crippen LogP contribution in [0.1, 0.15) is 30.9 Å². The van der Waals surface area contributed by atoms with E-state index in [9.17, 15) is 8.42 Å². The van der Waals surface area contributed by atoms with E-state index in [0.29, 0.717) is 23.8 Å². The molecular weight excluding hydrogens is 274 g/mol. The van der Waals surface area contributed by atoms with Crippen molar-refractivity contribution in [3.63, 3.8) is 0 Å². The van der Waals surface area contributed by atoms with Crippen molar-refractivity contribution < 1.29 is 12.8 Å². The fraction of sp³-hybridized carbons (Fsp3) is 0.333. The highest BCUT2D eigenvalue weighted by atomic mass is 32.2. The summed E-state index contributed by atoms with van der Waals surface area (Å²) in [6.45, 7) is 4.51. The van der Waals surface area contributed by atoms with E-state index in [1.165, 1.54) is 0 Å². The standard InChI is InChI=1S/C15H19NO3S/c1-12(2)14-3-5-15(6-4-14)20(17,18)16-9-7-13-8-10-19-11-13/h3-6,8,10-12,16H,7,9H2,1-2H3. The highest BCUT2D eigenvalue weighted by Gasteiger charge is 2.13. The molecule has 5 heteroatoms. The lowest BCUT2D eigenvalue weighted by atomic mass is 10.0. The van der Waals surface area contributed by atoms with Crippen molar-refractivity contribution in [3.8, 4) is 0 Å². The van der Waals surface area contributed by atoms with Crippen LogP contribution in [0.4, 0.5) is 0 Å². The maximum atomic E-state index is 12.1. The van der Waals surface area contributed by atoms with Gasteiger partial charge < -0.3 is 4.42 Å². The summed E-state index contributed by atoms with van der Waals surface area (Å²) in [6, 6.07) is 8.83. The zero-order valence-corrected chi connectivity index (χ0v) is 12.5. The number of hydrogen-bond acceptors (Lipinski definition) is 3. The zero-order chi connectivity index (χ0) is 14.6. The highest BCUT2D eigenvalue weighted by molar-refractivity contribution is 7.89. The molecular formula is C15H19NO3S. The summed E-state index contributed by atoms with van der Waals surface area (Å²) >= 11 is 0. The van der Waals surface area contributed by atoms with Crippen LogP contribution in [0, 0.1) is 0 Å². The Balaban J connectivity index is 1.99. The minimum Gasteiger partial charge on any atom is -0.472 e. The summed E-state index contributed by atoms with van der Waals surface area (Å²) in [5.41, 5.74) is 2.10. The van der Waals surface area contributed by atoms with E-state index < -0.39 is 10.0 Å². The molecule has 2 rings (SSSR count). The fourth-order valence-corrected chi connectivity index (χ4v) is 2.91. The molecule has 0 unspecified atom stereocenters. The molecule has 0 saturated heterocycles. The summed E-state index contributed by atoms with van der Waals surface area (Å²) in [7, 11) is -3.44. The van der Waals surface area contributed by atoms with Gasteiger partial charge in [-0.3, -0.25) is 0 Å². The predicted molar refractivity (Wildman–Crippen MR) is 78.1 cm³/mol. The Bertz CT molecular complexity index is 628. The fourth-order valence-electron chi connectivity index (χ4n) is 1.88. The number of nitrogens with one attached hydrogen (secondary N) is 1. The largest absolute Gasteiger partial charge is 0.472 e. The summed E-state index contributed by atoms with van der Waals surface area (Å²) in [5, 5.41) is 0. The lowest BCUT2D eigenvalue weighted by Crippen LogP contribution is -2.25. The Morgan fingerprint density at radius 1 is 1.15 bits per heavy atom. The average molecular weight is 293 g/mol. The molecule has 0 spiro atoms. The average Bonchev–Trinajstić information content (AvgIpc) is 2.92. The molecule has 1 N–H and O–H groups in total. The Morgan fingerprint density at radius 3 is 2.40 bits per heavy atom. The zero-order valence-electron chi connectivity index (χ0n) is 11.7. The van der Waals surface area contributed by atoms with Gasteiger partial charge in [-0.25, -0.2) is 13.1 Å². The van der Waals surface area contributed by atoms with Crippen LogP contribution in [0.2, 0.25) is 0 Å². The first-order valence-electron chi connectivity index (χ1n) is 6.60. The van der Waals surface area contributed by atoms with Gasteiger partial charge in [-0.1, -0.05) is 26.0 Å². The Kier molecular flexibility index (Phi) is 4.62. The van der Waals surface area contributed by atoms with Crippen LogP contribution in [0.15, 0.2) is 52.2 Å². The van der Waals surface area contributed by atoms with E-state index in [1.807, 2.05) is 18.2 Å². The molecule has 1 heterocycles. The van der Waals surface area contributed by atoms with Gasteiger partial charge in [0.1, 0.15) is 0 Å². The topological polar surface area (TPSA) is 59.3 Å². The molecule has 2 aromatic rings. The van der Waals surface area contributed by atoms with Gasteiger partial charge in [0.25, 0.3) is 0 Å². The molecule has 0 aliphatic carbocycles. The van der Waals surface area contributed by atoms with Gasteiger partial charge in [0.05, 0.1) is 17.4 Å². The molecule has 0 bridgehead atoms. The van der Waals surface area contributed by atoms with E-state index in [2.05, 4.69) is 18.6 Å². The van der Waals surface area contributed by atoms with Crippen molar-refractivity contribution in [2.75, 3.05) is 6.54 Å². The van der Waals surface area contributed by atoms with Gasteiger partial charge in [0, 0.05) is 6.54 Å². The quantitative estimate of drug-likeness (QED) is 0.891. The maximum Gasteiger partial charge on any atom is 0.240 e. The van der Waals surface area contributed by atoms with Crippen molar-refractivity contribution in [2.24, 2.45) is 0 Å². The van der Waals surface area contributed by atoms with Crippen LogP contribution < -0.4 is 4.72 Å². The van der Waals surface area contributed by atoms with Gasteiger partial charge >= 0.3 is 0 Å². The van der Waals surface area contributed by atoms with Crippen LogP contribution in [0.25, 0.3) is 0 Å². The normalized spacial score (nSPS) is 11.9. The van der Waals surface area contributed by atoms with Crippen molar-refractivity contribution in [2.45, 2.75) is 31.1 Å². The predicted octanol–water partition coefficient (Wildman–Crippen LogP) is 2.92. The lowest BCUT2D eigenvalue weighted by molar-refractivity contribution is 0.562. The minimum atomic E-state index is -3.44. The van der Waals surface area contributed by atoms with Gasteiger partial charge in [0.2, 0.25) is 10.0 Å². The molecule has 0 aliphatic rings. The van der Waals surface area contributed by atoms with E-state index in [-0.39, 0.29) is 0 Å². The molecule has 1 aromatic heterocycles. The second kappa shape index (κ2) is 6.24. The molecule has 0 amide bonds. The SMILES string of the molecule is CC(C)c1ccc(S(=O)(=O)NCCc2ccoc2)cc1. The van der Waals surface area contributed by atoms with E-state index >= 15 is 0 Å². The highest BCUT2D eigenvalue weighted by Crippen LogP contribution is 2.17. The van der Waals surface area contributed by atoms with E-state index in [0.717, 1.165) is 11.1 Å². The van der Waals surface area contributed by atoms with Gasteiger partial charge in [0.15, 0.2) is 0 Å². The Morgan fingerprint density at radius 2 is 1.85 bits per heavy atom. The minimum absolute atomic E-state index is 0.300. The third-order valence-corrected chi connectivity index (χ3v) is 4.62. The number of sulfonamides is 1. The van der Waals surface area contributed by atoms with Gasteiger partial charge in [-0.05, 0) is 41.7 Å². The third kappa shape index (κ3) is 3.71. The molecule has 0 aliphatic heterocycles. The molecule has 20 heavy (non-hydrogen) atoms. The smallest absolute Gasteiger partial charge is 0.240 e. The summed E-state index contributed by atoms with van der Waals surface area (Å²) in [6.07, 6.45) is 3.81. The number of furan rings is 1. The van der Waals surface area contributed by atoms with Crippen molar-refractivity contribution in [1.29, 1.82) is 0 Å². The van der Waals surface area contributed by atoms with Crippen molar-refractivity contribution in [3.05, 3.63) is 54.0 Å². The van der Waals surface area contributed by atoms with Gasteiger partial charge in [-0.2, -0.15) is 0 Å².